The molecule has 0 unspecified atom stereocenters. The summed E-state index contributed by atoms with van der Waals surface area (Å²) in [6.07, 6.45) is 3.31. The van der Waals surface area contributed by atoms with Crippen LogP contribution in [0, 0.1) is 10.1 Å². The standard InChI is InChI=1S/C24H24BrN5O4/c1-33-24-17-20(28-26-18-5-10-21(11-6-18)30(31)32)9-14-23(24)29-27-19-7-12-22(13-8-19)34-16-4-2-3-15-25/h5-14,17H,2-4,15-16H2,1H3. The summed E-state index contributed by atoms with van der Waals surface area (Å²) < 4.78 is 11.1. The van der Waals surface area contributed by atoms with Gasteiger partial charge < -0.3 is 9.47 Å². The minimum atomic E-state index is -0.463. The first kappa shape index (κ1) is 25.0. The molecule has 0 amide bonds. The minimum Gasteiger partial charge on any atom is -0.494 e. The first-order valence-electron chi connectivity index (χ1n) is 10.6. The van der Waals surface area contributed by atoms with Gasteiger partial charge in [-0.1, -0.05) is 15.9 Å². The van der Waals surface area contributed by atoms with E-state index in [1.807, 2.05) is 24.3 Å². The van der Waals surface area contributed by atoms with Crippen molar-refractivity contribution in [2.75, 3.05) is 19.0 Å². The van der Waals surface area contributed by atoms with Gasteiger partial charge in [0.1, 0.15) is 17.2 Å². The van der Waals surface area contributed by atoms with E-state index in [9.17, 15) is 10.1 Å². The van der Waals surface area contributed by atoms with E-state index < -0.39 is 4.92 Å². The van der Waals surface area contributed by atoms with Crippen molar-refractivity contribution in [3.8, 4) is 11.5 Å². The van der Waals surface area contributed by atoms with Crippen LogP contribution < -0.4 is 9.47 Å². The van der Waals surface area contributed by atoms with E-state index in [0.29, 0.717) is 35.1 Å². The lowest BCUT2D eigenvalue weighted by Crippen LogP contribution is -1.96. The molecule has 0 radical (unpaired) electrons. The van der Waals surface area contributed by atoms with Crippen molar-refractivity contribution in [2.45, 2.75) is 19.3 Å². The van der Waals surface area contributed by atoms with E-state index in [2.05, 4.69) is 36.4 Å². The Bertz CT molecular complexity index is 1140. The number of azo groups is 2. The average molecular weight is 526 g/mol. The summed E-state index contributed by atoms with van der Waals surface area (Å²) >= 11 is 3.43. The molecule has 0 aliphatic rings. The van der Waals surface area contributed by atoms with Crippen LogP contribution in [-0.2, 0) is 0 Å². The maximum absolute atomic E-state index is 10.7. The number of halogens is 1. The number of nitrogens with zero attached hydrogens (tertiary/aromatic N) is 5. The molecule has 0 fully saturated rings. The topological polar surface area (TPSA) is 111 Å². The number of non-ortho nitro benzene ring substituents is 1. The molecule has 0 heterocycles. The normalized spacial score (nSPS) is 11.2. The van der Waals surface area contributed by atoms with E-state index in [1.165, 1.54) is 31.4 Å². The summed E-state index contributed by atoms with van der Waals surface area (Å²) in [5, 5.41) is 28.6. The van der Waals surface area contributed by atoms with Crippen molar-refractivity contribution < 1.29 is 14.4 Å². The Kier molecular flexibility index (Phi) is 9.65. The van der Waals surface area contributed by atoms with Crippen LogP contribution in [0.5, 0.6) is 11.5 Å². The summed E-state index contributed by atoms with van der Waals surface area (Å²) in [6, 6.07) is 18.4. The lowest BCUT2D eigenvalue weighted by molar-refractivity contribution is -0.384. The lowest BCUT2D eigenvalue weighted by Gasteiger charge is -2.06. The predicted molar refractivity (Wildman–Crippen MR) is 134 cm³/mol. The Labute approximate surface area is 205 Å². The smallest absolute Gasteiger partial charge is 0.269 e. The molecule has 0 spiro atoms. The number of ether oxygens (including phenoxy) is 2. The highest BCUT2D eigenvalue weighted by Gasteiger charge is 2.06. The fourth-order valence-corrected chi connectivity index (χ4v) is 3.25. The maximum Gasteiger partial charge on any atom is 0.269 e. The highest BCUT2D eigenvalue weighted by atomic mass is 79.9. The number of benzene rings is 3. The second kappa shape index (κ2) is 13.1. The highest BCUT2D eigenvalue weighted by molar-refractivity contribution is 9.09. The summed E-state index contributed by atoms with van der Waals surface area (Å²) in [5.41, 5.74) is 2.28. The van der Waals surface area contributed by atoms with Gasteiger partial charge in [-0.2, -0.15) is 15.3 Å². The average Bonchev–Trinajstić information content (AvgIpc) is 2.87. The van der Waals surface area contributed by atoms with Crippen molar-refractivity contribution in [1.29, 1.82) is 0 Å². The van der Waals surface area contributed by atoms with Crippen LogP contribution in [0.1, 0.15) is 19.3 Å². The number of hydrogen-bond donors (Lipinski definition) is 0. The third kappa shape index (κ3) is 7.73. The Morgan fingerprint density at radius 3 is 2.09 bits per heavy atom. The molecule has 34 heavy (non-hydrogen) atoms. The molecule has 0 bridgehead atoms. The Morgan fingerprint density at radius 2 is 1.44 bits per heavy atom. The van der Waals surface area contributed by atoms with E-state index in [1.54, 1.807) is 18.2 Å². The van der Waals surface area contributed by atoms with Crippen molar-refractivity contribution in [2.24, 2.45) is 20.5 Å². The second-order valence-electron chi connectivity index (χ2n) is 7.12. The lowest BCUT2D eigenvalue weighted by atomic mass is 10.2. The molecule has 0 saturated carbocycles. The van der Waals surface area contributed by atoms with Gasteiger partial charge in [0.25, 0.3) is 5.69 Å². The zero-order chi connectivity index (χ0) is 24.2. The highest BCUT2D eigenvalue weighted by Crippen LogP contribution is 2.34. The zero-order valence-electron chi connectivity index (χ0n) is 18.6. The number of rotatable bonds is 12. The van der Waals surface area contributed by atoms with Gasteiger partial charge in [0, 0.05) is 23.5 Å². The number of alkyl halides is 1. The first-order valence-corrected chi connectivity index (χ1v) is 11.8. The molecule has 0 N–H and O–H groups in total. The molecule has 3 aromatic carbocycles. The van der Waals surface area contributed by atoms with Crippen LogP contribution >= 0.6 is 15.9 Å². The SMILES string of the molecule is COc1cc(N=Nc2ccc([N+](=O)[O-])cc2)ccc1N=Nc1ccc(OCCCCCBr)cc1. The summed E-state index contributed by atoms with van der Waals surface area (Å²) in [4.78, 5) is 10.3. The van der Waals surface area contributed by atoms with E-state index in [-0.39, 0.29) is 5.69 Å². The number of nitro benzene ring substituents is 1. The molecule has 176 valence electrons. The van der Waals surface area contributed by atoms with Gasteiger partial charge in [-0.3, -0.25) is 10.1 Å². The summed E-state index contributed by atoms with van der Waals surface area (Å²) in [7, 11) is 1.54. The molecular weight excluding hydrogens is 502 g/mol. The van der Waals surface area contributed by atoms with Gasteiger partial charge >= 0.3 is 0 Å². The van der Waals surface area contributed by atoms with Crippen molar-refractivity contribution in [3.05, 3.63) is 76.8 Å². The van der Waals surface area contributed by atoms with Crippen LogP contribution in [-0.4, -0.2) is 24.0 Å². The number of unbranched alkanes of at least 4 members (excludes halogenated alkanes) is 2. The third-order valence-electron chi connectivity index (χ3n) is 4.66. The van der Waals surface area contributed by atoms with E-state index in [4.69, 9.17) is 9.47 Å². The molecule has 0 saturated heterocycles. The Hall–Kier alpha value is -3.66. The van der Waals surface area contributed by atoms with Crippen LogP contribution in [0.4, 0.5) is 28.4 Å². The van der Waals surface area contributed by atoms with Crippen LogP contribution in [0.25, 0.3) is 0 Å². The van der Waals surface area contributed by atoms with Gasteiger partial charge in [-0.25, -0.2) is 0 Å². The minimum absolute atomic E-state index is 0.00150. The van der Waals surface area contributed by atoms with Gasteiger partial charge in [-0.05, 0) is 67.8 Å². The zero-order valence-corrected chi connectivity index (χ0v) is 20.2. The second-order valence-corrected chi connectivity index (χ2v) is 7.91. The quantitative estimate of drug-likeness (QED) is 0.0776. The Balaban J connectivity index is 1.61. The predicted octanol–water partition coefficient (Wildman–Crippen LogP) is 8.38. The molecule has 0 aliphatic heterocycles. The monoisotopic (exact) mass is 525 g/mol. The first-order chi connectivity index (χ1) is 16.6. The molecule has 10 heteroatoms. The van der Waals surface area contributed by atoms with E-state index in [0.717, 1.165) is 30.3 Å². The van der Waals surface area contributed by atoms with Crippen LogP contribution in [0.2, 0.25) is 0 Å². The molecule has 0 aromatic heterocycles. The molecule has 3 rings (SSSR count). The Morgan fingerprint density at radius 1 is 0.824 bits per heavy atom. The molecular formula is C24H24BrN5O4. The van der Waals surface area contributed by atoms with Crippen LogP contribution in [0.15, 0.2) is 87.2 Å². The van der Waals surface area contributed by atoms with Crippen molar-refractivity contribution in [3.63, 3.8) is 0 Å². The van der Waals surface area contributed by atoms with Crippen LogP contribution in [0.3, 0.4) is 0 Å². The molecule has 0 atom stereocenters. The van der Waals surface area contributed by atoms with Crippen molar-refractivity contribution in [1.82, 2.24) is 0 Å². The fraction of sp³-hybridized carbons (Fsp3) is 0.250. The molecule has 0 aliphatic carbocycles. The molecule has 3 aromatic rings. The van der Waals surface area contributed by atoms with E-state index >= 15 is 0 Å². The van der Waals surface area contributed by atoms with Gasteiger partial charge in [-0.15, -0.1) is 5.11 Å². The largest absolute Gasteiger partial charge is 0.494 e. The molecule has 9 nitrogen and oxygen atoms in total. The summed E-state index contributed by atoms with van der Waals surface area (Å²) in [6.45, 7) is 0.693. The van der Waals surface area contributed by atoms with Crippen molar-refractivity contribution >= 4 is 44.4 Å². The van der Waals surface area contributed by atoms with Gasteiger partial charge in [0.2, 0.25) is 0 Å². The third-order valence-corrected chi connectivity index (χ3v) is 5.22. The van der Waals surface area contributed by atoms with Gasteiger partial charge in [0.05, 0.1) is 35.7 Å². The number of nitro groups is 1. The van der Waals surface area contributed by atoms with Gasteiger partial charge in [0.15, 0.2) is 0 Å². The number of methoxy groups -OCH3 is 1. The number of hydrogen-bond acceptors (Lipinski definition) is 8. The summed E-state index contributed by atoms with van der Waals surface area (Å²) in [5.74, 6) is 1.30. The maximum atomic E-state index is 10.7. The fourth-order valence-electron chi connectivity index (χ4n) is 2.85.